The quantitative estimate of drug-likeness (QED) is 0.507. The van der Waals surface area contributed by atoms with Crippen molar-refractivity contribution >= 4 is 22.8 Å². The molecule has 5 heteroatoms. The highest BCUT2D eigenvalue weighted by Gasteiger charge is 1.92. The summed E-state index contributed by atoms with van der Waals surface area (Å²) >= 11 is 0. The van der Waals surface area contributed by atoms with E-state index in [1.54, 1.807) is 0 Å². The van der Waals surface area contributed by atoms with Gasteiger partial charge in [0.05, 0.1) is 0 Å². The van der Waals surface area contributed by atoms with Crippen molar-refractivity contribution < 1.29 is 9.90 Å². The molecule has 1 heterocycles. The third-order valence-electron chi connectivity index (χ3n) is 1.55. The Kier molecular flexibility index (Phi) is 2.96. The number of aromatic amines is 1. The molecule has 2 rings (SSSR count). The summed E-state index contributed by atoms with van der Waals surface area (Å²) in [4.78, 5) is 11.8. The van der Waals surface area contributed by atoms with Crippen LogP contribution in [0.25, 0.3) is 10.9 Å². The van der Waals surface area contributed by atoms with E-state index in [2.05, 4.69) is 10.7 Å². The molecule has 1 aromatic heterocycles. The fourth-order valence-electron chi connectivity index (χ4n) is 1.10. The molecule has 0 radical (unpaired) electrons. The van der Waals surface area contributed by atoms with E-state index in [0.29, 0.717) is 0 Å². The number of carboxylic acid groups (broad SMARTS) is 1. The minimum absolute atomic E-state index is 0.723. The molecule has 0 saturated carbocycles. The maximum absolute atomic E-state index is 8.78. The van der Waals surface area contributed by atoms with Gasteiger partial charge in [0.2, 0.25) is 0 Å². The number of nitrogen functional groups attached to an aromatic ring is 1. The minimum Gasteiger partial charge on any atom is -0.465 e. The minimum atomic E-state index is -1.33. The fraction of sp³-hybridized carbons (Fsp3) is 0. The zero-order chi connectivity index (χ0) is 10.6. The van der Waals surface area contributed by atoms with Crippen molar-refractivity contribution in [2.75, 3.05) is 5.73 Å². The topological polar surface area (TPSA) is 105 Å². The van der Waals surface area contributed by atoms with Crippen LogP contribution in [0.4, 0.5) is 10.6 Å². The van der Waals surface area contributed by atoms with Gasteiger partial charge in [-0.2, -0.15) is 0 Å². The fourth-order valence-corrected chi connectivity index (χ4v) is 1.10. The number of benzene rings is 1. The molecule has 74 valence electrons. The molecular formula is C9H11N3O2. The molecule has 0 aliphatic carbocycles. The first-order valence-corrected chi connectivity index (χ1v) is 3.91. The smallest absolute Gasteiger partial charge is 0.402 e. The maximum atomic E-state index is 8.78. The molecule has 6 N–H and O–H groups in total. The van der Waals surface area contributed by atoms with E-state index in [9.17, 15) is 0 Å². The van der Waals surface area contributed by atoms with E-state index in [0.717, 1.165) is 11.3 Å². The second kappa shape index (κ2) is 4.18. The molecule has 0 spiro atoms. The molecule has 0 unspecified atom stereocenters. The van der Waals surface area contributed by atoms with Crippen LogP contribution in [0.2, 0.25) is 0 Å². The number of anilines is 1. The van der Waals surface area contributed by atoms with E-state index in [-0.39, 0.29) is 0 Å². The van der Waals surface area contributed by atoms with E-state index in [1.807, 2.05) is 30.3 Å². The third kappa shape index (κ3) is 2.71. The summed E-state index contributed by atoms with van der Waals surface area (Å²) in [5.41, 5.74) is 10.7. The Morgan fingerprint density at radius 1 is 1.36 bits per heavy atom. The number of primary amides is 1. The van der Waals surface area contributed by atoms with Gasteiger partial charge in [-0.1, -0.05) is 18.2 Å². The number of para-hydroxylation sites is 1. The summed E-state index contributed by atoms with van der Waals surface area (Å²) in [6.45, 7) is 0. The largest absolute Gasteiger partial charge is 0.465 e. The van der Waals surface area contributed by atoms with Gasteiger partial charge in [0.25, 0.3) is 0 Å². The van der Waals surface area contributed by atoms with Crippen LogP contribution in [-0.4, -0.2) is 16.2 Å². The molecule has 0 fully saturated rings. The van der Waals surface area contributed by atoms with Crippen LogP contribution >= 0.6 is 0 Å². The van der Waals surface area contributed by atoms with Crippen LogP contribution in [0.15, 0.2) is 30.3 Å². The number of rotatable bonds is 0. The molecule has 0 atom stereocenters. The molecule has 1 aromatic carbocycles. The molecule has 5 nitrogen and oxygen atoms in total. The highest BCUT2D eigenvalue weighted by molar-refractivity contribution is 5.82. The Balaban J connectivity index is 0.000000213. The lowest BCUT2D eigenvalue weighted by Crippen LogP contribution is -2.03. The summed E-state index contributed by atoms with van der Waals surface area (Å²) in [6.07, 6.45) is -1.33. The van der Waals surface area contributed by atoms with Gasteiger partial charge in [0.1, 0.15) is 5.82 Å². The second-order valence-electron chi connectivity index (χ2n) is 2.65. The number of carbonyl (C=O) groups is 1. The standard InChI is InChI=1S/C8H8N2.CH3NO2/c9-8-5-6-3-1-2-4-7(6)10-8;2-1(3)4/h1-5,10H,9H2;2H2,(H,3,4). The molecule has 2 aromatic rings. The lowest BCUT2D eigenvalue weighted by Gasteiger charge is -1.83. The SMILES string of the molecule is NC(=O)O.Nc1cc2ccccc2[nH]1. The Bertz CT molecular complexity index is 399. The van der Waals surface area contributed by atoms with E-state index >= 15 is 0 Å². The molecule has 0 bridgehead atoms. The van der Waals surface area contributed by atoms with Crippen LogP contribution in [-0.2, 0) is 0 Å². The highest BCUT2D eigenvalue weighted by Crippen LogP contribution is 2.14. The lowest BCUT2D eigenvalue weighted by molar-refractivity contribution is 0.205. The molecule has 0 aliphatic heterocycles. The van der Waals surface area contributed by atoms with Crippen molar-refractivity contribution in [3.05, 3.63) is 30.3 Å². The molecule has 0 aliphatic rings. The van der Waals surface area contributed by atoms with Gasteiger partial charge in [0, 0.05) is 10.9 Å². The zero-order valence-electron chi connectivity index (χ0n) is 7.40. The number of hydrogen-bond acceptors (Lipinski definition) is 2. The van der Waals surface area contributed by atoms with Crippen molar-refractivity contribution in [3.8, 4) is 0 Å². The van der Waals surface area contributed by atoms with Crippen LogP contribution in [0, 0.1) is 0 Å². The predicted octanol–water partition coefficient (Wildman–Crippen LogP) is 1.37. The average molecular weight is 193 g/mol. The number of amides is 1. The number of nitrogens with one attached hydrogen (secondary N) is 1. The van der Waals surface area contributed by atoms with Gasteiger partial charge in [-0.3, -0.25) is 0 Å². The van der Waals surface area contributed by atoms with Crippen molar-refractivity contribution in [2.45, 2.75) is 0 Å². The molecule has 14 heavy (non-hydrogen) atoms. The number of H-pyrrole nitrogens is 1. The van der Waals surface area contributed by atoms with E-state index in [4.69, 9.17) is 15.6 Å². The summed E-state index contributed by atoms with van der Waals surface area (Å²) in [7, 11) is 0. The first-order valence-electron chi connectivity index (χ1n) is 3.91. The van der Waals surface area contributed by atoms with Gasteiger partial charge in [-0.25, -0.2) is 4.79 Å². The van der Waals surface area contributed by atoms with E-state index < -0.39 is 6.09 Å². The van der Waals surface area contributed by atoms with Crippen LogP contribution in [0.5, 0.6) is 0 Å². The van der Waals surface area contributed by atoms with E-state index in [1.165, 1.54) is 5.39 Å². The number of fused-ring (bicyclic) bond motifs is 1. The monoisotopic (exact) mass is 193 g/mol. The lowest BCUT2D eigenvalue weighted by atomic mass is 10.3. The first-order chi connectivity index (χ1) is 6.59. The van der Waals surface area contributed by atoms with Gasteiger partial charge in [-0.15, -0.1) is 0 Å². The van der Waals surface area contributed by atoms with Crippen molar-refractivity contribution in [2.24, 2.45) is 5.73 Å². The normalized spacial score (nSPS) is 9.14. The number of aromatic nitrogens is 1. The van der Waals surface area contributed by atoms with Crippen molar-refractivity contribution in [1.82, 2.24) is 4.98 Å². The summed E-state index contributed by atoms with van der Waals surface area (Å²) in [5, 5.41) is 8.36. The first kappa shape index (κ1) is 9.91. The summed E-state index contributed by atoms with van der Waals surface area (Å²) in [6, 6.07) is 9.94. The third-order valence-corrected chi connectivity index (χ3v) is 1.55. The Labute approximate surface area is 80.3 Å². The van der Waals surface area contributed by atoms with Crippen LogP contribution in [0.3, 0.4) is 0 Å². The van der Waals surface area contributed by atoms with Gasteiger partial charge >= 0.3 is 6.09 Å². The van der Waals surface area contributed by atoms with Crippen molar-refractivity contribution in [1.29, 1.82) is 0 Å². The molecular weight excluding hydrogens is 182 g/mol. The number of nitrogens with two attached hydrogens (primary N) is 2. The zero-order valence-corrected chi connectivity index (χ0v) is 7.40. The van der Waals surface area contributed by atoms with Crippen LogP contribution in [0.1, 0.15) is 0 Å². The predicted molar refractivity (Wildman–Crippen MR) is 54.9 cm³/mol. The second-order valence-corrected chi connectivity index (χ2v) is 2.65. The van der Waals surface area contributed by atoms with Crippen molar-refractivity contribution in [3.63, 3.8) is 0 Å². The van der Waals surface area contributed by atoms with Crippen LogP contribution < -0.4 is 11.5 Å². The molecule has 0 saturated heterocycles. The number of hydrogen-bond donors (Lipinski definition) is 4. The maximum Gasteiger partial charge on any atom is 0.402 e. The van der Waals surface area contributed by atoms with Gasteiger partial charge in [-0.05, 0) is 12.1 Å². The Morgan fingerprint density at radius 3 is 2.50 bits per heavy atom. The van der Waals surface area contributed by atoms with Gasteiger partial charge in [0.15, 0.2) is 0 Å². The molecule has 1 amide bonds. The summed E-state index contributed by atoms with van der Waals surface area (Å²) in [5.74, 6) is 0.723. The Morgan fingerprint density at radius 2 is 1.93 bits per heavy atom. The Hall–Kier alpha value is -2.17. The van der Waals surface area contributed by atoms with Gasteiger partial charge < -0.3 is 21.6 Å². The highest BCUT2D eigenvalue weighted by atomic mass is 16.4. The average Bonchev–Trinajstić information content (AvgIpc) is 2.42. The summed E-state index contributed by atoms with van der Waals surface area (Å²) < 4.78 is 0.